The van der Waals surface area contributed by atoms with Gasteiger partial charge in [-0.1, -0.05) is 37.6 Å². The highest BCUT2D eigenvalue weighted by Gasteiger charge is 2.22. The molecule has 0 bridgehead atoms. The van der Waals surface area contributed by atoms with Gasteiger partial charge >= 0.3 is 0 Å². The molecule has 1 aromatic carbocycles. The van der Waals surface area contributed by atoms with Gasteiger partial charge in [-0.05, 0) is 48.9 Å². The highest BCUT2D eigenvalue weighted by atomic mass is 15.3. The second kappa shape index (κ2) is 6.44. The molecule has 3 rings (SSSR count). The van der Waals surface area contributed by atoms with E-state index in [1.165, 1.54) is 36.1 Å². The molecule has 21 heavy (non-hydrogen) atoms. The molecular weight excluding hydrogens is 258 g/mol. The highest BCUT2D eigenvalue weighted by molar-refractivity contribution is 5.33. The molecule has 1 aliphatic carbocycles. The van der Waals surface area contributed by atoms with Gasteiger partial charge in [-0.2, -0.15) is 5.10 Å². The van der Waals surface area contributed by atoms with Crippen LogP contribution in [0.2, 0.25) is 0 Å². The van der Waals surface area contributed by atoms with Crippen LogP contribution in [0.25, 0.3) is 0 Å². The molecule has 0 spiro atoms. The third-order valence-corrected chi connectivity index (χ3v) is 4.57. The Morgan fingerprint density at radius 1 is 1.33 bits per heavy atom. The lowest BCUT2D eigenvalue weighted by Gasteiger charge is -2.27. The van der Waals surface area contributed by atoms with Crippen LogP contribution in [0.3, 0.4) is 0 Å². The van der Waals surface area contributed by atoms with Crippen LogP contribution in [0.5, 0.6) is 0 Å². The van der Waals surface area contributed by atoms with Crippen LogP contribution in [0.15, 0.2) is 36.5 Å². The molecule has 0 saturated heterocycles. The Kier molecular flexibility index (Phi) is 4.39. The topological polar surface area (TPSA) is 29.9 Å². The Morgan fingerprint density at radius 2 is 2.19 bits per heavy atom. The first-order valence-electron chi connectivity index (χ1n) is 8.10. The molecule has 3 nitrogen and oxygen atoms in total. The second-order valence-corrected chi connectivity index (χ2v) is 6.06. The van der Waals surface area contributed by atoms with Crippen molar-refractivity contribution in [2.24, 2.45) is 7.05 Å². The summed E-state index contributed by atoms with van der Waals surface area (Å²) in [5.41, 5.74) is 4.09. The van der Waals surface area contributed by atoms with Crippen LogP contribution in [-0.4, -0.2) is 16.3 Å². The van der Waals surface area contributed by atoms with E-state index in [2.05, 4.69) is 47.7 Å². The largest absolute Gasteiger partial charge is 0.305 e. The predicted octanol–water partition coefficient (Wildman–Crippen LogP) is 3.78. The van der Waals surface area contributed by atoms with Gasteiger partial charge in [0.05, 0.1) is 11.7 Å². The number of hydrogen-bond acceptors (Lipinski definition) is 2. The van der Waals surface area contributed by atoms with Crippen molar-refractivity contribution in [3.8, 4) is 0 Å². The van der Waals surface area contributed by atoms with Gasteiger partial charge in [0.15, 0.2) is 0 Å². The van der Waals surface area contributed by atoms with E-state index in [0.29, 0.717) is 0 Å². The molecule has 0 amide bonds. The van der Waals surface area contributed by atoms with Crippen LogP contribution in [0.4, 0.5) is 0 Å². The quantitative estimate of drug-likeness (QED) is 0.874. The Balaban J connectivity index is 1.90. The van der Waals surface area contributed by atoms with Crippen LogP contribution in [0.1, 0.15) is 61.4 Å². The first-order chi connectivity index (χ1) is 10.3. The molecule has 3 heteroatoms. The monoisotopic (exact) mass is 283 g/mol. The molecule has 1 heterocycles. The lowest BCUT2D eigenvalue weighted by Crippen LogP contribution is -2.25. The van der Waals surface area contributed by atoms with E-state index in [1.54, 1.807) is 0 Å². The number of nitrogens with zero attached hydrogens (tertiary/aromatic N) is 2. The molecular formula is C18H25N3. The number of aryl methyl sites for hydroxylation is 1. The molecule has 1 atom stereocenters. The van der Waals surface area contributed by atoms with Crippen molar-refractivity contribution >= 4 is 0 Å². The van der Waals surface area contributed by atoms with E-state index >= 15 is 0 Å². The Bertz CT molecular complexity index is 584. The fourth-order valence-electron chi connectivity index (χ4n) is 3.08. The first kappa shape index (κ1) is 14.3. The Morgan fingerprint density at radius 3 is 2.81 bits per heavy atom. The molecule has 1 aliphatic rings. The average Bonchev–Trinajstić information content (AvgIpc) is 2.84. The van der Waals surface area contributed by atoms with Gasteiger partial charge in [0.2, 0.25) is 0 Å². The molecule has 1 N–H and O–H groups in total. The maximum absolute atomic E-state index is 4.33. The van der Waals surface area contributed by atoms with Crippen molar-refractivity contribution in [3.63, 3.8) is 0 Å². The van der Waals surface area contributed by atoms with Crippen molar-refractivity contribution in [1.82, 2.24) is 15.1 Å². The minimum atomic E-state index is 0.234. The van der Waals surface area contributed by atoms with Crippen molar-refractivity contribution in [2.75, 3.05) is 6.54 Å². The minimum absolute atomic E-state index is 0.234. The number of hydrogen-bond donors (Lipinski definition) is 1. The normalized spacial score (nSPS) is 16.7. The van der Waals surface area contributed by atoms with E-state index in [1.807, 2.05) is 17.9 Å². The molecule has 0 aliphatic heterocycles. The number of nitrogens with one attached hydrogen (secondary N) is 1. The number of benzene rings is 1. The lowest BCUT2D eigenvalue weighted by molar-refractivity contribution is 0.419. The van der Waals surface area contributed by atoms with Crippen LogP contribution in [-0.2, 0) is 7.05 Å². The molecule has 1 fully saturated rings. The van der Waals surface area contributed by atoms with Gasteiger partial charge in [-0.15, -0.1) is 0 Å². The number of rotatable bonds is 6. The summed E-state index contributed by atoms with van der Waals surface area (Å²) in [5, 5.41) is 8.00. The fourth-order valence-corrected chi connectivity index (χ4v) is 3.08. The van der Waals surface area contributed by atoms with E-state index in [4.69, 9.17) is 0 Å². The summed E-state index contributed by atoms with van der Waals surface area (Å²) in [5.74, 6) is 0.781. The molecule has 1 unspecified atom stereocenters. The molecule has 0 radical (unpaired) electrons. The maximum atomic E-state index is 4.33. The molecule has 112 valence electrons. The summed E-state index contributed by atoms with van der Waals surface area (Å²) in [7, 11) is 2.02. The van der Waals surface area contributed by atoms with Gasteiger partial charge in [-0.3, -0.25) is 4.68 Å². The van der Waals surface area contributed by atoms with E-state index < -0.39 is 0 Å². The zero-order valence-corrected chi connectivity index (χ0v) is 13.0. The molecule has 1 saturated carbocycles. The van der Waals surface area contributed by atoms with Crippen LogP contribution in [0, 0.1) is 0 Å². The molecule has 1 aromatic heterocycles. The van der Waals surface area contributed by atoms with Crippen molar-refractivity contribution in [2.45, 2.75) is 44.6 Å². The predicted molar refractivity (Wildman–Crippen MR) is 86.4 cm³/mol. The standard InChI is InChI=1S/C18H25N3/c1-3-11-19-18(17-10-12-20-21(17)2)16-9-5-8-15(13-16)14-6-4-7-14/h5,8-10,12-14,18-19H,3-4,6-7,11H2,1-2H3. The van der Waals surface area contributed by atoms with E-state index in [9.17, 15) is 0 Å². The Labute approximate surface area is 127 Å². The third kappa shape index (κ3) is 3.03. The Hall–Kier alpha value is -1.61. The summed E-state index contributed by atoms with van der Waals surface area (Å²) >= 11 is 0. The summed E-state index contributed by atoms with van der Waals surface area (Å²) in [6.45, 7) is 3.22. The molecule has 2 aromatic rings. The number of aromatic nitrogens is 2. The van der Waals surface area contributed by atoms with Gasteiger partial charge in [0.1, 0.15) is 0 Å². The maximum Gasteiger partial charge on any atom is 0.0748 e. The van der Waals surface area contributed by atoms with Crippen LogP contribution >= 0.6 is 0 Å². The van der Waals surface area contributed by atoms with E-state index in [-0.39, 0.29) is 6.04 Å². The average molecular weight is 283 g/mol. The van der Waals surface area contributed by atoms with Crippen molar-refractivity contribution < 1.29 is 0 Å². The summed E-state index contributed by atoms with van der Waals surface area (Å²) in [6, 6.07) is 11.5. The summed E-state index contributed by atoms with van der Waals surface area (Å²) < 4.78 is 1.98. The lowest BCUT2D eigenvalue weighted by atomic mass is 9.79. The zero-order chi connectivity index (χ0) is 14.7. The second-order valence-electron chi connectivity index (χ2n) is 6.06. The first-order valence-corrected chi connectivity index (χ1v) is 8.10. The third-order valence-electron chi connectivity index (χ3n) is 4.57. The minimum Gasteiger partial charge on any atom is -0.305 e. The fraction of sp³-hybridized carbons (Fsp3) is 0.500. The summed E-state index contributed by atoms with van der Waals surface area (Å²) in [4.78, 5) is 0. The zero-order valence-electron chi connectivity index (χ0n) is 13.0. The van der Waals surface area contributed by atoms with Crippen molar-refractivity contribution in [3.05, 3.63) is 53.3 Å². The van der Waals surface area contributed by atoms with Gasteiger partial charge in [0.25, 0.3) is 0 Å². The van der Waals surface area contributed by atoms with Crippen LogP contribution < -0.4 is 5.32 Å². The van der Waals surface area contributed by atoms with Gasteiger partial charge < -0.3 is 5.32 Å². The SMILES string of the molecule is CCCNC(c1cccc(C2CCC2)c1)c1ccnn1C. The highest BCUT2D eigenvalue weighted by Crippen LogP contribution is 2.37. The smallest absolute Gasteiger partial charge is 0.0748 e. The van der Waals surface area contributed by atoms with Gasteiger partial charge in [-0.25, -0.2) is 0 Å². The van der Waals surface area contributed by atoms with E-state index in [0.717, 1.165) is 18.9 Å². The van der Waals surface area contributed by atoms with Gasteiger partial charge in [0, 0.05) is 13.2 Å². The van der Waals surface area contributed by atoms with Crippen molar-refractivity contribution in [1.29, 1.82) is 0 Å². The summed E-state index contributed by atoms with van der Waals surface area (Å²) in [6.07, 6.45) is 7.10.